The largest absolute Gasteiger partial charge is 0.493 e. The highest BCUT2D eigenvalue weighted by atomic mass is 16.5. The van der Waals surface area contributed by atoms with Crippen molar-refractivity contribution in [2.45, 2.75) is 0 Å². The number of ether oxygens (including phenoxy) is 3. The molecule has 3 aromatic rings. The first-order valence-electron chi connectivity index (χ1n) is 8.51. The van der Waals surface area contributed by atoms with Crippen LogP contribution in [0, 0.1) is 0 Å². The summed E-state index contributed by atoms with van der Waals surface area (Å²) in [4.78, 5) is 23.8. The van der Waals surface area contributed by atoms with E-state index in [9.17, 15) is 9.59 Å². The molecule has 1 amide bonds. The van der Waals surface area contributed by atoms with E-state index in [0.29, 0.717) is 34.1 Å². The third kappa shape index (κ3) is 4.48. The van der Waals surface area contributed by atoms with E-state index < -0.39 is 5.97 Å². The van der Waals surface area contributed by atoms with Crippen LogP contribution >= 0.6 is 0 Å². The first kappa shape index (κ1) is 19.0. The first-order valence-corrected chi connectivity index (χ1v) is 8.51. The van der Waals surface area contributed by atoms with E-state index in [1.54, 1.807) is 55.6 Å². The van der Waals surface area contributed by atoms with E-state index in [0.717, 1.165) is 0 Å². The maximum Gasteiger partial charge on any atom is 0.337 e. The molecule has 28 heavy (non-hydrogen) atoms. The molecule has 0 fully saturated rings. The molecular formula is C22H19NO5. The third-order valence-electron chi connectivity index (χ3n) is 3.98. The number of anilines is 1. The number of esters is 1. The summed E-state index contributed by atoms with van der Waals surface area (Å²) < 4.78 is 15.7. The lowest BCUT2D eigenvalue weighted by atomic mass is 10.1. The number of methoxy groups -OCH3 is 2. The first-order chi connectivity index (χ1) is 13.6. The summed E-state index contributed by atoms with van der Waals surface area (Å²) in [7, 11) is 2.89. The lowest BCUT2D eigenvalue weighted by molar-refractivity contribution is 0.0600. The number of hydrogen-bond donors (Lipinski definition) is 1. The van der Waals surface area contributed by atoms with Crippen molar-refractivity contribution in [3.05, 3.63) is 83.9 Å². The Hall–Kier alpha value is -3.80. The minimum Gasteiger partial charge on any atom is -0.493 e. The second-order valence-corrected chi connectivity index (χ2v) is 5.80. The Morgan fingerprint density at radius 2 is 1.36 bits per heavy atom. The number of amides is 1. The van der Waals surface area contributed by atoms with Gasteiger partial charge in [0.25, 0.3) is 5.91 Å². The monoisotopic (exact) mass is 377 g/mol. The molecule has 3 aromatic carbocycles. The summed E-state index contributed by atoms with van der Waals surface area (Å²) in [5.41, 5.74) is 1.44. The van der Waals surface area contributed by atoms with E-state index in [-0.39, 0.29) is 5.91 Å². The maximum atomic E-state index is 12.3. The van der Waals surface area contributed by atoms with Gasteiger partial charge in [-0.05, 0) is 60.7 Å². The van der Waals surface area contributed by atoms with Gasteiger partial charge in [0.05, 0.1) is 19.8 Å². The molecule has 0 heterocycles. The van der Waals surface area contributed by atoms with Crippen LogP contribution < -0.4 is 14.8 Å². The highest BCUT2D eigenvalue weighted by Crippen LogP contribution is 2.31. The van der Waals surface area contributed by atoms with Gasteiger partial charge in [0.1, 0.15) is 5.75 Å². The predicted molar refractivity (Wildman–Crippen MR) is 105 cm³/mol. The number of carbonyl (C=O) groups excluding carboxylic acids is 2. The molecular weight excluding hydrogens is 358 g/mol. The molecule has 0 unspecified atom stereocenters. The summed E-state index contributed by atoms with van der Waals surface area (Å²) in [5, 5.41) is 2.80. The van der Waals surface area contributed by atoms with Gasteiger partial charge in [-0.2, -0.15) is 0 Å². The molecule has 0 aromatic heterocycles. The molecule has 0 atom stereocenters. The van der Waals surface area contributed by atoms with Crippen molar-refractivity contribution in [3.63, 3.8) is 0 Å². The Labute approximate surface area is 162 Å². The second kappa shape index (κ2) is 8.73. The van der Waals surface area contributed by atoms with Crippen LogP contribution in [0.5, 0.6) is 17.2 Å². The van der Waals surface area contributed by atoms with Crippen molar-refractivity contribution in [2.24, 2.45) is 0 Å². The molecule has 6 heteroatoms. The van der Waals surface area contributed by atoms with E-state index >= 15 is 0 Å². The fourth-order valence-corrected chi connectivity index (χ4v) is 2.52. The quantitative estimate of drug-likeness (QED) is 0.639. The fourth-order valence-electron chi connectivity index (χ4n) is 2.52. The van der Waals surface area contributed by atoms with Crippen LogP contribution in [0.3, 0.4) is 0 Å². The van der Waals surface area contributed by atoms with Crippen LogP contribution in [0.25, 0.3) is 0 Å². The minimum absolute atomic E-state index is 0.283. The molecule has 0 radical (unpaired) electrons. The number of benzene rings is 3. The van der Waals surface area contributed by atoms with Crippen LogP contribution in [0.1, 0.15) is 20.7 Å². The fraction of sp³-hybridized carbons (Fsp3) is 0.0909. The lowest BCUT2D eigenvalue weighted by Gasteiger charge is -2.11. The molecule has 3 rings (SSSR count). The molecule has 0 aliphatic rings. The average molecular weight is 377 g/mol. The molecule has 0 bridgehead atoms. The van der Waals surface area contributed by atoms with E-state index in [4.69, 9.17) is 9.47 Å². The van der Waals surface area contributed by atoms with E-state index in [1.165, 1.54) is 7.11 Å². The standard InChI is InChI=1S/C22H19NO5/c1-26-19-5-3-4-6-20(19)28-18-13-11-17(12-14-18)23-21(24)15-7-9-16(10-8-15)22(25)27-2/h3-14H,1-2H3,(H,23,24). The Morgan fingerprint density at radius 1 is 0.750 bits per heavy atom. The van der Waals surface area contributed by atoms with Gasteiger partial charge in [-0.1, -0.05) is 12.1 Å². The van der Waals surface area contributed by atoms with Crippen molar-refractivity contribution >= 4 is 17.6 Å². The van der Waals surface area contributed by atoms with Gasteiger partial charge < -0.3 is 19.5 Å². The Kier molecular flexibility index (Phi) is 5.91. The summed E-state index contributed by atoms with van der Waals surface area (Å²) in [5.74, 6) is 1.13. The molecule has 1 N–H and O–H groups in total. The van der Waals surface area contributed by atoms with Crippen LogP contribution in [0.15, 0.2) is 72.8 Å². The Morgan fingerprint density at radius 3 is 1.96 bits per heavy atom. The van der Waals surface area contributed by atoms with E-state index in [1.807, 2.05) is 24.3 Å². The average Bonchev–Trinajstić information content (AvgIpc) is 2.75. The molecule has 0 saturated carbocycles. The van der Waals surface area contributed by atoms with Crippen LogP contribution in [-0.4, -0.2) is 26.1 Å². The number of carbonyl (C=O) groups is 2. The number of nitrogens with one attached hydrogen (secondary N) is 1. The van der Waals surface area contributed by atoms with Gasteiger partial charge in [-0.3, -0.25) is 4.79 Å². The molecule has 0 aliphatic heterocycles. The molecule has 142 valence electrons. The lowest BCUT2D eigenvalue weighted by Crippen LogP contribution is -2.12. The van der Waals surface area contributed by atoms with Crippen molar-refractivity contribution in [3.8, 4) is 17.2 Å². The predicted octanol–water partition coefficient (Wildman–Crippen LogP) is 4.53. The van der Waals surface area contributed by atoms with Crippen LogP contribution in [0.4, 0.5) is 5.69 Å². The SMILES string of the molecule is COC(=O)c1ccc(C(=O)Nc2ccc(Oc3ccccc3OC)cc2)cc1. The number of hydrogen-bond acceptors (Lipinski definition) is 5. The molecule has 0 saturated heterocycles. The number of rotatable bonds is 6. The van der Waals surface area contributed by atoms with Gasteiger partial charge in [-0.15, -0.1) is 0 Å². The van der Waals surface area contributed by atoms with Gasteiger partial charge in [-0.25, -0.2) is 4.79 Å². The normalized spacial score (nSPS) is 10.1. The van der Waals surface area contributed by atoms with Crippen molar-refractivity contribution < 1.29 is 23.8 Å². The summed E-state index contributed by atoms with van der Waals surface area (Å²) in [6.07, 6.45) is 0. The Bertz CT molecular complexity index is 965. The van der Waals surface area contributed by atoms with Gasteiger partial charge in [0.2, 0.25) is 0 Å². The Balaban J connectivity index is 1.65. The highest BCUT2D eigenvalue weighted by molar-refractivity contribution is 6.04. The van der Waals surface area contributed by atoms with Gasteiger partial charge in [0.15, 0.2) is 11.5 Å². The maximum absolute atomic E-state index is 12.3. The second-order valence-electron chi connectivity index (χ2n) is 5.80. The zero-order valence-corrected chi connectivity index (χ0v) is 15.5. The smallest absolute Gasteiger partial charge is 0.337 e. The van der Waals surface area contributed by atoms with Crippen LogP contribution in [0.2, 0.25) is 0 Å². The summed E-state index contributed by atoms with van der Waals surface area (Å²) in [6.45, 7) is 0. The van der Waals surface area contributed by atoms with Gasteiger partial charge >= 0.3 is 5.97 Å². The van der Waals surface area contributed by atoms with Crippen molar-refractivity contribution in [1.82, 2.24) is 0 Å². The van der Waals surface area contributed by atoms with Gasteiger partial charge in [0, 0.05) is 11.3 Å². The molecule has 0 spiro atoms. The zero-order chi connectivity index (χ0) is 19.9. The number of para-hydroxylation sites is 2. The van der Waals surface area contributed by atoms with E-state index in [2.05, 4.69) is 10.1 Å². The zero-order valence-electron chi connectivity index (χ0n) is 15.5. The summed E-state index contributed by atoms with van der Waals surface area (Å²) >= 11 is 0. The molecule has 6 nitrogen and oxygen atoms in total. The highest BCUT2D eigenvalue weighted by Gasteiger charge is 2.10. The van der Waals surface area contributed by atoms with Crippen molar-refractivity contribution in [1.29, 1.82) is 0 Å². The topological polar surface area (TPSA) is 73.9 Å². The van der Waals surface area contributed by atoms with Crippen LogP contribution in [-0.2, 0) is 4.74 Å². The summed E-state index contributed by atoms with van der Waals surface area (Å²) in [6, 6.07) is 20.6. The minimum atomic E-state index is -0.447. The molecule has 0 aliphatic carbocycles. The third-order valence-corrected chi connectivity index (χ3v) is 3.98. The van der Waals surface area contributed by atoms with Crippen molar-refractivity contribution in [2.75, 3.05) is 19.5 Å².